The molecular weight excluding hydrogens is 474 g/mol. The van der Waals surface area contributed by atoms with E-state index < -0.39 is 32.7 Å². The fourth-order valence-electron chi connectivity index (χ4n) is 4.03. The van der Waals surface area contributed by atoms with Crippen molar-refractivity contribution < 1.29 is 30.8 Å². The molecule has 34 heavy (non-hydrogen) atoms. The summed E-state index contributed by atoms with van der Waals surface area (Å²) in [6, 6.07) is 10.7. The minimum Gasteiger partial charge on any atom is -0.348 e. The van der Waals surface area contributed by atoms with E-state index in [0.717, 1.165) is 12.1 Å². The smallest absolute Gasteiger partial charge is 0.348 e. The standard InChI is InChI=1S/C23H21F4N3O3S/c24-16-6-4-14(5-7-16)20-13-21(30-29-20)22(31)28-17-8-10-18(11-9-17)34(32,33)19-3-1-2-15(12-19)23(25,26)27/h1-7,12-13,17-18H,8-11H2,(H,28,31)(H,29,30). The molecule has 11 heteroatoms. The maximum absolute atomic E-state index is 13.1. The second kappa shape index (κ2) is 9.21. The number of nitrogens with one attached hydrogen (secondary N) is 2. The second-order valence-corrected chi connectivity index (χ2v) is 10.4. The Bertz CT molecular complexity index is 1280. The third kappa shape index (κ3) is 5.14. The largest absolute Gasteiger partial charge is 0.416 e. The molecule has 0 unspecified atom stereocenters. The van der Waals surface area contributed by atoms with Crippen LogP contribution in [0.25, 0.3) is 11.3 Å². The number of halogens is 4. The molecule has 1 heterocycles. The summed E-state index contributed by atoms with van der Waals surface area (Å²) in [6.45, 7) is 0. The SMILES string of the molecule is O=C(NC1CCC(S(=O)(=O)c2cccc(C(F)(F)F)c2)CC1)c1cc(-c2ccc(F)cc2)n[nH]1. The molecule has 0 bridgehead atoms. The summed E-state index contributed by atoms with van der Waals surface area (Å²) < 4.78 is 77.8. The first-order valence-electron chi connectivity index (χ1n) is 10.6. The van der Waals surface area contributed by atoms with E-state index in [4.69, 9.17) is 0 Å². The van der Waals surface area contributed by atoms with Gasteiger partial charge in [-0.2, -0.15) is 18.3 Å². The van der Waals surface area contributed by atoms with E-state index in [0.29, 0.717) is 30.2 Å². The Morgan fingerprint density at radius 3 is 2.32 bits per heavy atom. The number of sulfone groups is 1. The van der Waals surface area contributed by atoms with Crippen LogP contribution in [-0.2, 0) is 16.0 Å². The zero-order valence-corrected chi connectivity index (χ0v) is 18.6. The van der Waals surface area contributed by atoms with Gasteiger partial charge in [0.2, 0.25) is 0 Å². The first kappa shape index (κ1) is 23.9. The van der Waals surface area contributed by atoms with Crippen LogP contribution >= 0.6 is 0 Å². The molecule has 2 N–H and O–H groups in total. The van der Waals surface area contributed by atoms with Crippen molar-refractivity contribution in [2.45, 2.75) is 48.0 Å². The van der Waals surface area contributed by atoms with Crippen molar-refractivity contribution in [3.63, 3.8) is 0 Å². The van der Waals surface area contributed by atoms with Crippen molar-refractivity contribution in [2.24, 2.45) is 0 Å². The Morgan fingerprint density at radius 2 is 1.68 bits per heavy atom. The molecule has 1 aliphatic carbocycles. The third-order valence-electron chi connectivity index (χ3n) is 5.90. The number of benzene rings is 2. The van der Waals surface area contributed by atoms with E-state index in [1.165, 1.54) is 24.3 Å². The Kier molecular flexibility index (Phi) is 6.48. The number of H-pyrrole nitrogens is 1. The zero-order chi connectivity index (χ0) is 24.5. The Balaban J connectivity index is 1.37. The van der Waals surface area contributed by atoms with Crippen molar-refractivity contribution >= 4 is 15.7 Å². The van der Waals surface area contributed by atoms with Gasteiger partial charge in [0.05, 0.1) is 21.4 Å². The van der Waals surface area contributed by atoms with Crippen LogP contribution in [0.2, 0.25) is 0 Å². The lowest BCUT2D eigenvalue weighted by Gasteiger charge is -2.29. The molecular formula is C23H21F4N3O3S. The predicted octanol–water partition coefficient (Wildman–Crippen LogP) is 4.75. The van der Waals surface area contributed by atoms with Crippen LogP contribution in [0, 0.1) is 5.82 Å². The maximum Gasteiger partial charge on any atom is 0.416 e. The molecule has 0 aliphatic heterocycles. The molecule has 1 aromatic heterocycles. The van der Waals surface area contributed by atoms with Crippen molar-refractivity contribution in [3.8, 4) is 11.3 Å². The van der Waals surface area contributed by atoms with Gasteiger partial charge < -0.3 is 5.32 Å². The lowest BCUT2D eigenvalue weighted by molar-refractivity contribution is -0.137. The van der Waals surface area contributed by atoms with Crippen LogP contribution in [0.3, 0.4) is 0 Å². The lowest BCUT2D eigenvalue weighted by Crippen LogP contribution is -2.40. The number of carbonyl (C=O) groups excluding carboxylic acids is 1. The summed E-state index contributed by atoms with van der Waals surface area (Å²) in [5.41, 5.74) is 0.310. The van der Waals surface area contributed by atoms with E-state index >= 15 is 0 Å². The summed E-state index contributed by atoms with van der Waals surface area (Å²) in [4.78, 5) is 12.2. The van der Waals surface area contributed by atoms with Crippen LogP contribution in [0.1, 0.15) is 41.7 Å². The van der Waals surface area contributed by atoms with E-state index in [1.807, 2.05) is 0 Å². The highest BCUT2D eigenvalue weighted by Gasteiger charge is 2.35. The zero-order valence-electron chi connectivity index (χ0n) is 17.8. The molecule has 3 aromatic rings. The van der Waals surface area contributed by atoms with Gasteiger partial charge in [0.1, 0.15) is 11.5 Å². The van der Waals surface area contributed by atoms with Gasteiger partial charge in [0.25, 0.3) is 5.91 Å². The molecule has 0 radical (unpaired) electrons. The highest BCUT2D eigenvalue weighted by atomic mass is 32.2. The van der Waals surface area contributed by atoms with Gasteiger partial charge in [0.15, 0.2) is 9.84 Å². The molecule has 1 fully saturated rings. The maximum atomic E-state index is 13.1. The van der Waals surface area contributed by atoms with Gasteiger partial charge in [-0.3, -0.25) is 9.89 Å². The first-order chi connectivity index (χ1) is 16.0. The summed E-state index contributed by atoms with van der Waals surface area (Å²) in [5.74, 6) is -0.798. The minimum absolute atomic E-state index is 0.207. The Morgan fingerprint density at radius 1 is 1.00 bits per heavy atom. The van der Waals surface area contributed by atoms with E-state index in [9.17, 15) is 30.8 Å². The van der Waals surface area contributed by atoms with Gasteiger partial charge in [-0.15, -0.1) is 0 Å². The molecule has 4 rings (SSSR count). The van der Waals surface area contributed by atoms with Gasteiger partial charge >= 0.3 is 6.18 Å². The number of nitrogens with zero attached hydrogens (tertiary/aromatic N) is 1. The molecule has 1 aliphatic rings. The number of aromatic amines is 1. The monoisotopic (exact) mass is 495 g/mol. The van der Waals surface area contributed by atoms with Crippen molar-refractivity contribution in [2.75, 3.05) is 0 Å². The van der Waals surface area contributed by atoms with Crippen molar-refractivity contribution in [1.82, 2.24) is 15.5 Å². The first-order valence-corrected chi connectivity index (χ1v) is 12.1. The number of hydrogen-bond acceptors (Lipinski definition) is 4. The average molecular weight is 495 g/mol. The highest BCUT2D eigenvalue weighted by molar-refractivity contribution is 7.92. The number of carbonyl (C=O) groups is 1. The Hall–Kier alpha value is -3.21. The van der Waals surface area contributed by atoms with Gasteiger partial charge in [0, 0.05) is 11.6 Å². The van der Waals surface area contributed by atoms with Gasteiger partial charge in [-0.05, 0) is 74.2 Å². The number of aromatic nitrogens is 2. The van der Waals surface area contributed by atoms with Crippen LogP contribution in [-0.4, -0.2) is 35.8 Å². The van der Waals surface area contributed by atoms with Crippen molar-refractivity contribution in [1.29, 1.82) is 0 Å². The third-order valence-corrected chi connectivity index (χ3v) is 8.16. The summed E-state index contributed by atoms with van der Waals surface area (Å²) in [7, 11) is -3.93. The van der Waals surface area contributed by atoms with Crippen LogP contribution < -0.4 is 5.32 Å². The lowest BCUT2D eigenvalue weighted by atomic mass is 9.95. The minimum atomic E-state index is -4.63. The molecule has 2 aromatic carbocycles. The molecule has 0 atom stereocenters. The molecule has 1 saturated carbocycles. The summed E-state index contributed by atoms with van der Waals surface area (Å²) in [6.07, 6.45) is -3.46. The molecule has 0 spiro atoms. The van der Waals surface area contributed by atoms with Gasteiger partial charge in [-0.25, -0.2) is 12.8 Å². The second-order valence-electron chi connectivity index (χ2n) is 8.19. The number of alkyl halides is 3. The van der Waals surface area contributed by atoms with E-state index in [2.05, 4.69) is 15.5 Å². The topological polar surface area (TPSA) is 91.9 Å². The van der Waals surface area contributed by atoms with Crippen LogP contribution in [0.5, 0.6) is 0 Å². The van der Waals surface area contributed by atoms with E-state index in [-0.39, 0.29) is 35.3 Å². The quantitative estimate of drug-likeness (QED) is 0.500. The number of rotatable bonds is 5. The summed E-state index contributed by atoms with van der Waals surface area (Å²) in [5, 5.41) is 8.72. The molecule has 180 valence electrons. The average Bonchev–Trinajstić information content (AvgIpc) is 3.30. The van der Waals surface area contributed by atoms with Crippen LogP contribution in [0.15, 0.2) is 59.5 Å². The number of hydrogen-bond donors (Lipinski definition) is 2. The van der Waals surface area contributed by atoms with Gasteiger partial charge in [-0.1, -0.05) is 6.07 Å². The van der Waals surface area contributed by atoms with Crippen molar-refractivity contribution in [3.05, 3.63) is 71.7 Å². The molecule has 6 nitrogen and oxygen atoms in total. The Labute approximate surface area is 193 Å². The fraction of sp³-hybridized carbons (Fsp3) is 0.304. The molecule has 1 amide bonds. The van der Waals surface area contributed by atoms with Crippen LogP contribution in [0.4, 0.5) is 17.6 Å². The fourth-order valence-corrected chi connectivity index (χ4v) is 5.87. The highest BCUT2D eigenvalue weighted by Crippen LogP contribution is 2.34. The molecule has 0 saturated heterocycles. The number of amides is 1. The van der Waals surface area contributed by atoms with E-state index in [1.54, 1.807) is 12.1 Å². The summed E-state index contributed by atoms with van der Waals surface area (Å²) >= 11 is 0. The normalized spacial score (nSPS) is 19.1. The predicted molar refractivity (Wildman–Crippen MR) is 116 cm³/mol.